The number of rotatable bonds is 4. The van der Waals surface area contributed by atoms with Crippen LogP contribution in [0.15, 0.2) is 12.1 Å². The van der Waals surface area contributed by atoms with Crippen LogP contribution in [-0.4, -0.2) is 55.6 Å². The molecule has 1 aliphatic rings. The molecule has 2 rings (SSSR count). The SMILES string of the molecule is CCOC(=O)C1CCCN(C(=O)c2cc(Cl)nc(N(C)C)c2)C1. The maximum atomic E-state index is 12.7. The number of pyridine rings is 1. The number of amides is 1. The first-order valence-corrected chi connectivity index (χ1v) is 8.11. The van der Waals surface area contributed by atoms with E-state index < -0.39 is 0 Å². The van der Waals surface area contributed by atoms with Crippen LogP contribution in [0.2, 0.25) is 5.15 Å². The number of carbonyl (C=O) groups is 2. The number of hydrogen-bond donors (Lipinski definition) is 0. The predicted octanol–water partition coefficient (Wildman–Crippen LogP) is 2.22. The second-order valence-electron chi connectivity index (χ2n) is 5.77. The van der Waals surface area contributed by atoms with Crippen molar-refractivity contribution in [1.82, 2.24) is 9.88 Å². The molecule has 1 fully saturated rings. The van der Waals surface area contributed by atoms with Gasteiger partial charge in [0.05, 0.1) is 12.5 Å². The van der Waals surface area contributed by atoms with Gasteiger partial charge in [-0.05, 0) is 31.9 Å². The molecule has 1 atom stereocenters. The first-order valence-electron chi connectivity index (χ1n) is 7.73. The third kappa shape index (κ3) is 4.34. The van der Waals surface area contributed by atoms with Gasteiger partial charge in [-0.2, -0.15) is 0 Å². The monoisotopic (exact) mass is 339 g/mol. The molecule has 0 radical (unpaired) electrons. The highest BCUT2D eigenvalue weighted by Gasteiger charge is 2.30. The van der Waals surface area contributed by atoms with Crippen LogP contribution in [0.5, 0.6) is 0 Å². The van der Waals surface area contributed by atoms with E-state index in [2.05, 4.69) is 4.98 Å². The Bertz CT molecular complexity index is 592. The van der Waals surface area contributed by atoms with Gasteiger partial charge in [-0.3, -0.25) is 9.59 Å². The maximum absolute atomic E-state index is 12.7. The van der Waals surface area contributed by atoms with Gasteiger partial charge < -0.3 is 14.5 Å². The molecule has 0 saturated carbocycles. The van der Waals surface area contributed by atoms with Gasteiger partial charge in [0.2, 0.25) is 0 Å². The topological polar surface area (TPSA) is 62.7 Å². The molecule has 0 bridgehead atoms. The minimum atomic E-state index is -0.252. The van der Waals surface area contributed by atoms with Crippen molar-refractivity contribution in [3.05, 3.63) is 22.8 Å². The Kier molecular flexibility index (Phi) is 5.82. The number of nitrogens with zero attached hydrogens (tertiary/aromatic N) is 3. The summed E-state index contributed by atoms with van der Waals surface area (Å²) in [6.07, 6.45) is 1.54. The van der Waals surface area contributed by atoms with Crippen molar-refractivity contribution in [3.8, 4) is 0 Å². The number of carbonyl (C=O) groups excluding carboxylic acids is 2. The summed E-state index contributed by atoms with van der Waals surface area (Å²) in [6, 6.07) is 3.27. The van der Waals surface area contributed by atoms with Crippen LogP contribution in [0.25, 0.3) is 0 Å². The fourth-order valence-electron chi connectivity index (χ4n) is 2.63. The predicted molar refractivity (Wildman–Crippen MR) is 88.8 cm³/mol. The standard InChI is InChI=1S/C16H22ClN3O3/c1-4-23-16(22)11-6-5-7-20(10-11)15(21)12-8-13(17)18-14(9-12)19(2)3/h8-9,11H,4-7,10H2,1-3H3. The normalized spacial score (nSPS) is 17.7. The Morgan fingerprint density at radius 2 is 2.17 bits per heavy atom. The van der Waals surface area contributed by atoms with E-state index in [-0.39, 0.29) is 22.9 Å². The van der Waals surface area contributed by atoms with Gasteiger partial charge in [0, 0.05) is 32.7 Å². The molecule has 1 unspecified atom stereocenters. The van der Waals surface area contributed by atoms with E-state index in [0.29, 0.717) is 31.1 Å². The van der Waals surface area contributed by atoms with Crippen LogP contribution >= 0.6 is 11.6 Å². The largest absolute Gasteiger partial charge is 0.466 e. The van der Waals surface area contributed by atoms with Crippen LogP contribution in [0.4, 0.5) is 5.82 Å². The molecule has 0 aromatic carbocycles. The molecule has 2 heterocycles. The number of aromatic nitrogens is 1. The number of likely N-dealkylation sites (tertiary alicyclic amines) is 1. The average Bonchev–Trinajstić information content (AvgIpc) is 2.54. The van der Waals surface area contributed by atoms with Crippen molar-refractivity contribution < 1.29 is 14.3 Å². The molecule has 0 N–H and O–H groups in total. The fourth-order valence-corrected chi connectivity index (χ4v) is 2.84. The molecular weight excluding hydrogens is 318 g/mol. The smallest absolute Gasteiger partial charge is 0.310 e. The third-order valence-electron chi connectivity index (χ3n) is 3.81. The van der Waals surface area contributed by atoms with Crippen LogP contribution in [0.1, 0.15) is 30.1 Å². The zero-order valence-electron chi connectivity index (χ0n) is 13.7. The van der Waals surface area contributed by atoms with E-state index in [1.165, 1.54) is 0 Å². The second-order valence-corrected chi connectivity index (χ2v) is 6.16. The van der Waals surface area contributed by atoms with Crippen molar-refractivity contribution >= 4 is 29.3 Å². The molecule has 126 valence electrons. The molecular formula is C16H22ClN3O3. The molecule has 0 aliphatic carbocycles. The van der Waals surface area contributed by atoms with Gasteiger partial charge >= 0.3 is 5.97 Å². The fraction of sp³-hybridized carbons (Fsp3) is 0.562. The van der Waals surface area contributed by atoms with Crippen molar-refractivity contribution in [2.75, 3.05) is 38.7 Å². The highest BCUT2D eigenvalue weighted by Crippen LogP contribution is 2.22. The van der Waals surface area contributed by atoms with Gasteiger partial charge in [0.15, 0.2) is 0 Å². The first kappa shape index (κ1) is 17.5. The number of anilines is 1. The number of piperidine rings is 1. The molecule has 23 heavy (non-hydrogen) atoms. The summed E-state index contributed by atoms with van der Waals surface area (Å²) < 4.78 is 5.07. The lowest BCUT2D eigenvalue weighted by atomic mass is 9.97. The number of halogens is 1. The van der Waals surface area contributed by atoms with Crippen LogP contribution < -0.4 is 4.90 Å². The molecule has 7 heteroatoms. The van der Waals surface area contributed by atoms with Crippen molar-refractivity contribution in [3.63, 3.8) is 0 Å². The highest BCUT2D eigenvalue weighted by atomic mass is 35.5. The summed E-state index contributed by atoms with van der Waals surface area (Å²) in [5.41, 5.74) is 0.484. The van der Waals surface area contributed by atoms with E-state index in [0.717, 1.165) is 12.8 Å². The summed E-state index contributed by atoms with van der Waals surface area (Å²) in [6.45, 7) is 3.15. The van der Waals surface area contributed by atoms with Gasteiger partial charge in [0.25, 0.3) is 5.91 Å². The lowest BCUT2D eigenvalue weighted by molar-refractivity contribution is -0.149. The van der Waals surface area contributed by atoms with Crippen LogP contribution in [0.3, 0.4) is 0 Å². The Hall–Kier alpha value is -1.82. The molecule has 1 amide bonds. The summed E-state index contributed by atoms with van der Waals surface area (Å²) in [4.78, 5) is 32.3. The van der Waals surface area contributed by atoms with E-state index in [9.17, 15) is 9.59 Å². The van der Waals surface area contributed by atoms with Gasteiger partial charge in [-0.15, -0.1) is 0 Å². The minimum Gasteiger partial charge on any atom is -0.466 e. The lowest BCUT2D eigenvalue weighted by Crippen LogP contribution is -2.42. The van der Waals surface area contributed by atoms with Crippen molar-refractivity contribution in [1.29, 1.82) is 0 Å². The number of esters is 1. The van der Waals surface area contributed by atoms with Crippen molar-refractivity contribution in [2.24, 2.45) is 5.92 Å². The van der Waals surface area contributed by atoms with Crippen LogP contribution in [0, 0.1) is 5.92 Å². The Morgan fingerprint density at radius 1 is 1.43 bits per heavy atom. The maximum Gasteiger partial charge on any atom is 0.310 e. The Labute approximate surface area is 141 Å². The molecule has 1 aromatic rings. The van der Waals surface area contributed by atoms with E-state index >= 15 is 0 Å². The molecule has 1 aromatic heterocycles. The quantitative estimate of drug-likeness (QED) is 0.621. The van der Waals surface area contributed by atoms with Gasteiger partial charge in [0.1, 0.15) is 11.0 Å². The Morgan fingerprint density at radius 3 is 2.83 bits per heavy atom. The zero-order chi connectivity index (χ0) is 17.0. The zero-order valence-corrected chi connectivity index (χ0v) is 14.5. The summed E-state index contributed by atoms with van der Waals surface area (Å²) >= 11 is 6.01. The van der Waals surface area contributed by atoms with Gasteiger partial charge in [-0.25, -0.2) is 4.98 Å². The molecule has 6 nitrogen and oxygen atoms in total. The average molecular weight is 340 g/mol. The third-order valence-corrected chi connectivity index (χ3v) is 4.01. The lowest BCUT2D eigenvalue weighted by Gasteiger charge is -2.31. The minimum absolute atomic E-state index is 0.133. The second kappa shape index (κ2) is 7.64. The highest BCUT2D eigenvalue weighted by molar-refractivity contribution is 6.29. The molecule has 0 spiro atoms. The van der Waals surface area contributed by atoms with Crippen molar-refractivity contribution in [2.45, 2.75) is 19.8 Å². The summed E-state index contributed by atoms with van der Waals surface area (Å²) in [5, 5.41) is 0.276. The molecule has 1 aliphatic heterocycles. The van der Waals surface area contributed by atoms with Crippen LogP contribution in [-0.2, 0) is 9.53 Å². The summed E-state index contributed by atoms with van der Waals surface area (Å²) in [7, 11) is 3.68. The number of hydrogen-bond acceptors (Lipinski definition) is 5. The first-order chi connectivity index (χ1) is 10.9. The van der Waals surface area contributed by atoms with E-state index in [4.69, 9.17) is 16.3 Å². The Balaban J connectivity index is 2.15. The molecule has 1 saturated heterocycles. The van der Waals surface area contributed by atoms with Gasteiger partial charge in [-0.1, -0.05) is 11.6 Å². The van der Waals surface area contributed by atoms with E-state index in [1.54, 1.807) is 28.9 Å². The van der Waals surface area contributed by atoms with E-state index in [1.807, 2.05) is 14.1 Å². The summed E-state index contributed by atoms with van der Waals surface area (Å²) in [5.74, 6) is 0.0104. The number of ether oxygens (including phenoxy) is 1.